The first kappa shape index (κ1) is 12.8. The van der Waals surface area contributed by atoms with Crippen molar-refractivity contribution in [1.82, 2.24) is 0 Å². The SMILES string of the molecule is O=C(O)CC(=O)C1(c2ccccc2)CCCCC1. The van der Waals surface area contributed by atoms with Gasteiger partial charge in [0, 0.05) is 0 Å². The van der Waals surface area contributed by atoms with Gasteiger partial charge in [0.2, 0.25) is 0 Å². The fourth-order valence-corrected chi connectivity index (χ4v) is 2.95. The van der Waals surface area contributed by atoms with Crippen molar-refractivity contribution >= 4 is 11.8 Å². The lowest BCUT2D eigenvalue weighted by Crippen LogP contribution is -2.39. The molecule has 1 saturated carbocycles. The summed E-state index contributed by atoms with van der Waals surface area (Å²) in [7, 11) is 0. The van der Waals surface area contributed by atoms with E-state index in [4.69, 9.17) is 5.11 Å². The van der Waals surface area contributed by atoms with E-state index in [-0.39, 0.29) is 12.2 Å². The lowest BCUT2D eigenvalue weighted by Gasteiger charge is -2.36. The number of rotatable bonds is 4. The number of hydrogen-bond donors (Lipinski definition) is 1. The van der Waals surface area contributed by atoms with Crippen molar-refractivity contribution in [2.24, 2.45) is 0 Å². The molecule has 96 valence electrons. The van der Waals surface area contributed by atoms with E-state index in [0.717, 1.165) is 37.7 Å². The number of ketones is 1. The molecular weight excluding hydrogens is 228 g/mol. The van der Waals surface area contributed by atoms with Crippen molar-refractivity contribution in [2.75, 3.05) is 0 Å². The van der Waals surface area contributed by atoms with Crippen LogP contribution in [0.3, 0.4) is 0 Å². The van der Waals surface area contributed by atoms with Crippen LogP contribution in [0.5, 0.6) is 0 Å². The molecule has 1 aliphatic rings. The lowest BCUT2D eigenvalue weighted by atomic mass is 9.66. The standard InChI is InChI=1S/C15H18O3/c16-13(11-14(17)18)15(9-5-2-6-10-15)12-7-3-1-4-8-12/h1,3-4,7-8H,2,5-6,9-11H2,(H,17,18). The van der Waals surface area contributed by atoms with Gasteiger partial charge in [-0.15, -0.1) is 0 Å². The molecule has 18 heavy (non-hydrogen) atoms. The Labute approximate surface area is 107 Å². The highest BCUT2D eigenvalue weighted by molar-refractivity contribution is 6.01. The molecule has 0 atom stereocenters. The first-order chi connectivity index (χ1) is 8.65. The molecule has 0 bridgehead atoms. The number of aliphatic carboxylic acids is 1. The van der Waals surface area contributed by atoms with E-state index in [1.165, 1.54) is 0 Å². The van der Waals surface area contributed by atoms with E-state index in [2.05, 4.69) is 0 Å². The van der Waals surface area contributed by atoms with Crippen LogP contribution in [-0.4, -0.2) is 16.9 Å². The maximum absolute atomic E-state index is 12.4. The van der Waals surface area contributed by atoms with Gasteiger partial charge in [-0.3, -0.25) is 9.59 Å². The average molecular weight is 246 g/mol. The number of hydrogen-bond acceptors (Lipinski definition) is 2. The Kier molecular flexibility index (Phi) is 3.80. The van der Waals surface area contributed by atoms with Crippen LogP contribution in [0.2, 0.25) is 0 Å². The van der Waals surface area contributed by atoms with Crippen molar-refractivity contribution < 1.29 is 14.7 Å². The molecule has 0 aromatic heterocycles. The molecular formula is C15H18O3. The summed E-state index contributed by atoms with van der Waals surface area (Å²) in [4.78, 5) is 23.2. The highest BCUT2D eigenvalue weighted by Crippen LogP contribution is 2.40. The molecule has 0 heterocycles. The highest BCUT2D eigenvalue weighted by atomic mass is 16.4. The minimum absolute atomic E-state index is 0.138. The minimum atomic E-state index is -1.03. The Morgan fingerprint density at radius 2 is 1.67 bits per heavy atom. The molecule has 3 nitrogen and oxygen atoms in total. The maximum Gasteiger partial charge on any atom is 0.310 e. The van der Waals surface area contributed by atoms with Gasteiger partial charge in [-0.05, 0) is 18.4 Å². The van der Waals surface area contributed by atoms with E-state index in [9.17, 15) is 9.59 Å². The highest BCUT2D eigenvalue weighted by Gasteiger charge is 2.41. The first-order valence-electron chi connectivity index (χ1n) is 6.46. The van der Waals surface area contributed by atoms with Crippen LogP contribution in [-0.2, 0) is 15.0 Å². The predicted octanol–water partition coefficient (Wildman–Crippen LogP) is 2.93. The summed E-state index contributed by atoms with van der Waals surface area (Å²) in [5, 5.41) is 8.86. The first-order valence-corrected chi connectivity index (χ1v) is 6.46. The van der Waals surface area contributed by atoms with Gasteiger partial charge in [0.25, 0.3) is 0 Å². The van der Waals surface area contributed by atoms with Crippen LogP contribution in [0.15, 0.2) is 30.3 Å². The molecule has 1 N–H and O–H groups in total. The van der Waals surface area contributed by atoms with Crippen molar-refractivity contribution in [1.29, 1.82) is 0 Å². The summed E-state index contributed by atoms with van der Waals surface area (Å²) in [6.45, 7) is 0. The number of Topliss-reactive ketones (excluding diaryl/α,β-unsaturated/α-hetero) is 1. The molecule has 0 saturated heterocycles. The van der Waals surface area contributed by atoms with Crippen molar-refractivity contribution in [3.05, 3.63) is 35.9 Å². The van der Waals surface area contributed by atoms with Crippen LogP contribution in [0.25, 0.3) is 0 Å². The van der Waals surface area contributed by atoms with E-state index in [1.807, 2.05) is 30.3 Å². The largest absolute Gasteiger partial charge is 0.481 e. The quantitative estimate of drug-likeness (QED) is 0.831. The minimum Gasteiger partial charge on any atom is -0.481 e. The van der Waals surface area contributed by atoms with Crippen LogP contribution < -0.4 is 0 Å². The molecule has 0 unspecified atom stereocenters. The predicted molar refractivity (Wildman–Crippen MR) is 68.5 cm³/mol. The zero-order valence-corrected chi connectivity index (χ0v) is 10.4. The van der Waals surface area contributed by atoms with Gasteiger partial charge < -0.3 is 5.11 Å². The Bertz CT molecular complexity index is 430. The fraction of sp³-hybridized carbons (Fsp3) is 0.467. The number of carbonyl (C=O) groups excluding carboxylic acids is 1. The van der Waals surface area contributed by atoms with E-state index < -0.39 is 11.4 Å². The van der Waals surface area contributed by atoms with Crippen molar-refractivity contribution in [3.8, 4) is 0 Å². The topological polar surface area (TPSA) is 54.4 Å². The van der Waals surface area contributed by atoms with E-state index in [0.29, 0.717) is 0 Å². The fourth-order valence-electron chi connectivity index (χ4n) is 2.95. The third-order valence-corrected chi connectivity index (χ3v) is 3.88. The molecule has 0 aliphatic heterocycles. The Hall–Kier alpha value is -1.64. The monoisotopic (exact) mass is 246 g/mol. The lowest BCUT2D eigenvalue weighted by molar-refractivity contribution is -0.142. The van der Waals surface area contributed by atoms with E-state index >= 15 is 0 Å². The summed E-state index contributed by atoms with van der Waals surface area (Å²) in [5.41, 5.74) is 0.425. The summed E-state index contributed by atoms with van der Waals surface area (Å²) < 4.78 is 0. The van der Waals surface area contributed by atoms with Crippen molar-refractivity contribution in [3.63, 3.8) is 0 Å². The third kappa shape index (κ3) is 2.45. The maximum atomic E-state index is 12.4. The molecule has 2 rings (SSSR count). The molecule has 1 aromatic rings. The zero-order valence-electron chi connectivity index (χ0n) is 10.4. The summed E-state index contributed by atoms with van der Waals surface area (Å²) in [5.74, 6) is -1.17. The molecule has 1 fully saturated rings. The van der Waals surface area contributed by atoms with Crippen LogP contribution in [0, 0.1) is 0 Å². The molecule has 0 amide bonds. The number of benzene rings is 1. The molecule has 1 aliphatic carbocycles. The molecule has 0 radical (unpaired) electrons. The van der Waals surface area contributed by atoms with Crippen LogP contribution >= 0.6 is 0 Å². The molecule has 3 heteroatoms. The summed E-state index contributed by atoms with van der Waals surface area (Å²) in [6, 6.07) is 9.65. The second-order valence-corrected chi connectivity index (χ2v) is 5.00. The number of carboxylic acid groups (broad SMARTS) is 1. The van der Waals surface area contributed by atoms with Gasteiger partial charge in [-0.1, -0.05) is 49.6 Å². The smallest absolute Gasteiger partial charge is 0.310 e. The normalized spacial score (nSPS) is 18.2. The Balaban J connectivity index is 2.34. The van der Waals surface area contributed by atoms with Crippen molar-refractivity contribution in [2.45, 2.75) is 43.9 Å². The second-order valence-electron chi connectivity index (χ2n) is 5.00. The average Bonchev–Trinajstić information content (AvgIpc) is 2.40. The van der Waals surface area contributed by atoms with Gasteiger partial charge >= 0.3 is 5.97 Å². The number of carboxylic acids is 1. The Morgan fingerprint density at radius 1 is 1.06 bits per heavy atom. The summed E-state index contributed by atoms with van der Waals surface area (Å²) >= 11 is 0. The van der Waals surface area contributed by atoms with Gasteiger partial charge in [0.05, 0.1) is 5.41 Å². The third-order valence-electron chi connectivity index (χ3n) is 3.88. The molecule has 1 aromatic carbocycles. The van der Waals surface area contributed by atoms with E-state index in [1.54, 1.807) is 0 Å². The van der Waals surface area contributed by atoms with Gasteiger partial charge in [0.15, 0.2) is 5.78 Å². The Morgan fingerprint density at radius 3 is 2.22 bits per heavy atom. The number of carbonyl (C=O) groups is 2. The molecule has 0 spiro atoms. The van der Waals surface area contributed by atoms with Gasteiger partial charge in [-0.25, -0.2) is 0 Å². The van der Waals surface area contributed by atoms with Gasteiger partial charge in [0.1, 0.15) is 6.42 Å². The van der Waals surface area contributed by atoms with Crippen LogP contribution in [0.1, 0.15) is 44.1 Å². The van der Waals surface area contributed by atoms with Gasteiger partial charge in [-0.2, -0.15) is 0 Å². The second kappa shape index (κ2) is 5.34. The van der Waals surface area contributed by atoms with Crippen LogP contribution in [0.4, 0.5) is 0 Å². The summed E-state index contributed by atoms with van der Waals surface area (Å²) in [6.07, 6.45) is 4.33. The zero-order chi connectivity index (χ0) is 13.0.